The number of sulfonamides is 1. The summed E-state index contributed by atoms with van der Waals surface area (Å²) in [5, 5.41) is -0.412. The van der Waals surface area contributed by atoms with Gasteiger partial charge in [0.05, 0.1) is 5.25 Å². The van der Waals surface area contributed by atoms with Gasteiger partial charge in [-0.05, 0) is 46.5 Å². The van der Waals surface area contributed by atoms with Crippen LogP contribution in [0.4, 0.5) is 0 Å². The van der Waals surface area contributed by atoms with Crippen LogP contribution < -0.4 is 0 Å². The number of rotatable bonds is 5. The molecule has 0 rings (SSSR count). The van der Waals surface area contributed by atoms with E-state index in [1.54, 1.807) is 14.0 Å². The van der Waals surface area contributed by atoms with Crippen molar-refractivity contribution >= 4 is 10.0 Å². The number of nitrogens with zero attached hydrogens (tertiary/aromatic N) is 1. The van der Waals surface area contributed by atoms with E-state index in [-0.39, 0.29) is 11.0 Å². The van der Waals surface area contributed by atoms with Gasteiger partial charge in [0, 0.05) is 12.6 Å². The van der Waals surface area contributed by atoms with Gasteiger partial charge in [0.25, 0.3) is 0 Å². The van der Waals surface area contributed by atoms with Crippen LogP contribution in [0.3, 0.4) is 0 Å². The van der Waals surface area contributed by atoms with Crippen molar-refractivity contribution in [2.24, 2.45) is 5.41 Å². The first-order chi connectivity index (χ1) is 7.87. The highest BCUT2D eigenvalue weighted by Crippen LogP contribution is 2.33. The van der Waals surface area contributed by atoms with Gasteiger partial charge < -0.3 is 0 Å². The molecule has 0 amide bonds. The Balaban J connectivity index is 5.25. The Hall–Kier alpha value is -0.350. The molecule has 0 heterocycles. The molecule has 0 aliphatic heterocycles. The molecule has 0 aromatic heterocycles. The monoisotopic (exact) mass is 275 g/mol. The smallest absolute Gasteiger partial charge is 0.212 e. The van der Waals surface area contributed by atoms with E-state index in [4.69, 9.17) is 0 Å². The minimum atomic E-state index is -3.29. The summed E-state index contributed by atoms with van der Waals surface area (Å²) in [4.78, 5) is 0. The van der Waals surface area contributed by atoms with E-state index in [1.807, 2.05) is 53.7 Å². The van der Waals surface area contributed by atoms with E-state index in [0.29, 0.717) is 0 Å². The number of allylic oxidation sites excluding steroid dienone is 2. The fourth-order valence-corrected chi connectivity index (χ4v) is 3.75. The minimum absolute atomic E-state index is 0.273. The molecule has 0 aromatic rings. The molecule has 108 valence electrons. The standard InChI is InChI=1S/C14H29NO2S/c1-9-10-11-14(6,7)12(2)18(16,17)15(8)13(3,4)5/h9-10,12H,11H2,1-8H3. The van der Waals surface area contributed by atoms with Crippen LogP contribution in [0.5, 0.6) is 0 Å². The second kappa shape index (κ2) is 5.74. The lowest BCUT2D eigenvalue weighted by Gasteiger charge is -2.38. The van der Waals surface area contributed by atoms with Crippen LogP contribution in [0.2, 0.25) is 0 Å². The average Bonchev–Trinajstić information content (AvgIpc) is 2.22. The van der Waals surface area contributed by atoms with Crippen LogP contribution in [-0.4, -0.2) is 30.6 Å². The van der Waals surface area contributed by atoms with E-state index in [1.165, 1.54) is 4.31 Å². The predicted molar refractivity (Wildman–Crippen MR) is 79.1 cm³/mol. The molecule has 0 saturated heterocycles. The topological polar surface area (TPSA) is 37.4 Å². The molecule has 3 nitrogen and oxygen atoms in total. The summed E-state index contributed by atoms with van der Waals surface area (Å²) in [6.07, 6.45) is 4.76. The van der Waals surface area contributed by atoms with Gasteiger partial charge in [-0.3, -0.25) is 0 Å². The van der Waals surface area contributed by atoms with Crippen molar-refractivity contribution in [3.8, 4) is 0 Å². The first-order valence-corrected chi connectivity index (χ1v) is 7.96. The summed E-state index contributed by atoms with van der Waals surface area (Å²) in [6.45, 7) is 13.5. The van der Waals surface area contributed by atoms with Crippen molar-refractivity contribution in [3.05, 3.63) is 12.2 Å². The average molecular weight is 275 g/mol. The molecule has 1 atom stereocenters. The Kier molecular flexibility index (Phi) is 5.63. The van der Waals surface area contributed by atoms with Gasteiger partial charge in [0.1, 0.15) is 0 Å². The summed E-state index contributed by atoms with van der Waals surface area (Å²) in [5.74, 6) is 0. The van der Waals surface area contributed by atoms with Crippen molar-refractivity contribution in [1.82, 2.24) is 4.31 Å². The van der Waals surface area contributed by atoms with Gasteiger partial charge in [-0.25, -0.2) is 8.42 Å². The Morgan fingerprint density at radius 1 is 1.17 bits per heavy atom. The SMILES string of the molecule is CC=CCC(C)(C)C(C)S(=O)(=O)N(C)C(C)(C)C. The summed E-state index contributed by atoms with van der Waals surface area (Å²) in [7, 11) is -1.62. The van der Waals surface area contributed by atoms with Gasteiger partial charge in [0.15, 0.2) is 0 Å². The predicted octanol–water partition coefficient (Wildman–Crippen LogP) is 3.43. The Morgan fingerprint density at radius 2 is 1.61 bits per heavy atom. The summed E-state index contributed by atoms with van der Waals surface area (Å²) < 4.78 is 26.7. The molecular formula is C14H29NO2S. The molecule has 0 saturated carbocycles. The first-order valence-electron chi connectivity index (χ1n) is 6.46. The van der Waals surface area contributed by atoms with E-state index in [0.717, 1.165) is 6.42 Å². The largest absolute Gasteiger partial charge is 0.217 e. The summed E-state index contributed by atoms with van der Waals surface area (Å²) in [5.41, 5.74) is -0.658. The van der Waals surface area contributed by atoms with Crippen molar-refractivity contribution in [3.63, 3.8) is 0 Å². The lowest BCUT2D eigenvalue weighted by atomic mass is 9.86. The highest BCUT2D eigenvalue weighted by molar-refractivity contribution is 7.89. The normalized spacial score (nSPS) is 16.5. The minimum Gasteiger partial charge on any atom is -0.212 e. The third-order valence-corrected chi connectivity index (χ3v) is 6.60. The molecule has 0 bridgehead atoms. The Morgan fingerprint density at radius 3 is 1.94 bits per heavy atom. The number of hydrogen-bond donors (Lipinski definition) is 0. The fraction of sp³-hybridized carbons (Fsp3) is 0.857. The third kappa shape index (κ3) is 4.09. The molecule has 0 N–H and O–H groups in total. The van der Waals surface area contributed by atoms with E-state index in [2.05, 4.69) is 0 Å². The van der Waals surface area contributed by atoms with Crippen LogP contribution >= 0.6 is 0 Å². The van der Waals surface area contributed by atoms with E-state index < -0.39 is 15.3 Å². The van der Waals surface area contributed by atoms with Crippen molar-refractivity contribution in [2.75, 3.05) is 7.05 Å². The summed E-state index contributed by atoms with van der Waals surface area (Å²) >= 11 is 0. The van der Waals surface area contributed by atoms with Crippen LogP contribution in [0.1, 0.15) is 54.9 Å². The third-order valence-electron chi connectivity index (χ3n) is 3.75. The molecule has 0 radical (unpaired) electrons. The van der Waals surface area contributed by atoms with E-state index in [9.17, 15) is 8.42 Å². The maximum Gasteiger partial charge on any atom is 0.217 e. The first kappa shape index (κ1) is 17.6. The van der Waals surface area contributed by atoms with Crippen molar-refractivity contribution < 1.29 is 8.42 Å². The van der Waals surface area contributed by atoms with Gasteiger partial charge in [-0.1, -0.05) is 26.0 Å². The van der Waals surface area contributed by atoms with Gasteiger partial charge >= 0.3 is 0 Å². The van der Waals surface area contributed by atoms with Crippen molar-refractivity contribution in [2.45, 2.75) is 65.7 Å². The molecule has 1 unspecified atom stereocenters. The highest BCUT2D eigenvalue weighted by Gasteiger charge is 2.40. The van der Waals surface area contributed by atoms with Crippen LogP contribution in [-0.2, 0) is 10.0 Å². The zero-order valence-electron chi connectivity index (χ0n) is 13.1. The molecule has 0 aliphatic carbocycles. The molecule has 0 aromatic carbocycles. The zero-order valence-corrected chi connectivity index (χ0v) is 13.9. The molecule has 18 heavy (non-hydrogen) atoms. The Bertz CT molecular complexity index is 389. The molecule has 0 spiro atoms. The quantitative estimate of drug-likeness (QED) is 0.721. The second-order valence-electron chi connectivity index (χ2n) is 6.59. The van der Waals surface area contributed by atoms with Gasteiger partial charge in [-0.2, -0.15) is 4.31 Å². The van der Waals surface area contributed by atoms with E-state index >= 15 is 0 Å². The Labute approximate surface area is 113 Å². The highest BCUT2D eigenvalue weighted by atomic mass is 32.2. The lowest BCUT2D eigenvalue weighted by molar-refractivity contribution is 0.271. The van der Waals surface area contributed by atoms with Gasteiger partial charge in [-0.15, -0.1) is 0 Å². The van der Waals surface area contributed by atoms with Gasteiger partial charge in [0.2, 0.25) is 10.0 Å². The molecule has 0 fully saturated rings. The maximum absolute atomic E-state index is 12.6. The molecular weight excluding hydrogens is 246 g/mol. The van der Waals surface area contributed by atoms with Crippen molar-refractivity contribution in [1.29, 1.82) is 0 Å². The summed E-state index contributed by atoms with van der Waals surface area (Å²) in [6, 6.07) is 0. The zero-order chi connectivity index (χ0) is 14.8. The van der Waals surface area contributed by atoms with Crippen LogP contribution in [0, 0.1) is 5.41 Å². The molecule has 4 heteroatoms. The van der Waals surface area contributed by atoms with Crippen LogP contribution in [0.25, 0.3) is 0 Å². The van der Waals surface area contributed by atoms with Crippen LogP contribution in [0.15, 0.2) is 12.2 Å². The fourth-order valence-electron chi connectivity index (χ4n) is 1.61. The molecule has 0 aliphatic rings. The number of hydrogen-bond acceptors (Lipinski definition) is 2. The maximum atomic E-state index is 12.6. The second-order valence-corrected chi connectivity index (χ2v) is 8.87. The lowest BCUT2D eigenvalue weighted by Crippen LogP contribution is -2.49.